The molecule has 1 aliphatic rings. The highest BCUT2D eigenvalue weighted by Crippen LogP contribution is 2.20. The molecule has 0 N–H and O–H groups in total. The van der Waals surface area contributed by atoms with Crippen LogP contribution in [0.2, 0.25) is 0 Å². The number of nitrogens with zero attached hydrogens (tertiary/aromatic N) is 2. The van der Waals surface area contributed by atoms with E-state index in [-0.39, 0.29) is 23.1 Å². The van der Waals surface area contributed by atoms with Crippen molar-refractivity contribution in [1.82, 2.24) is 9.47 Å². The molecule has 3 rings (SSSR count). The maximum atomic E-state index is 12.5. The van der Waals surface area contributed by atoms with E-state index in [1.165, 1.54) is 15.7 Å². The number of likely N-dealkylation sites (N-methyl/N-ethyl adjacent to an activating group) is 1. The average molecular weight is 312 g/mol. The molecule has 0 spiro atoms. The van der Waals surface area contributed by atoms with Crippen molar-refractivity contribution in [3.8, 4) is 0 Å². The Morgan fingerprint density at radius 3 is 2.78 bits per heavy atom. The summed E-state index contributed by atoms with van der Waals surface area (Å²) in [4.78, 5) is 26.1. The van der Waals surface area contributed by atoms with E-state index in [9.17, 15) is 9.59 Å². The zero-order chi connectivity index (χ0) is 16.4. The molecule has 5 nitrogen and oxygen atoms in total. The summed E-state index contributed by atoms with van der Waals surface area (Å²) < 4.78 is 7.25. The Balaban J connectivity index is 1.70. The van der Waals surface area contributed by atoms with Crippen molar-refractivity contribution in [2.24, 2.45) is 7.05 Å². The van der Waals surface area contributed by atoms with Gasteiger partial charge in [0, 0.05) is 33.3 Å². The van der Waals surface area contributed by atoms with Crippen LogP contribution in [0.5, 0.6) is 0 Å². The summed E-state index contributed by atoms with van der Waals surface area (Å²) in [7, 11) is 3.35. The van der Waals surface area contributed by atoms with E-state index >= 15 is 0 Å². The van der Waals surface area contributed by atoms with Crippen LogP contribution >= 0.6 is 0 Å². The lowest BCUT2D eigenvalue weighted by atomic mass is 9.99. The first-order valence-corrected chi connectivity index (χ1v) is 7.65. The van der Waals surface area contributed by atoms with Crippen molar-refractivity contribution in [3.05, 3.63) is 69.6 Å². The van der Waals surface area contributed by atoms with Gasteiger partial charge in [-0.3, -0.25) is 9.59 Å². The van der Waals surface area contributed by atoms with E-state index in [1.807, 2.05) is 12.1 Å². The Morgan fingerprint density at radius 2 is 2.00 bits per heavy atom. The monoisotopic (exact) mass is 312 g/mol. The zero-order valence-corrected chi connectivity index (χ0v) is 13.4. The molecule has 2 heterocycles. The van der Waals surface area contributed by atoms with Crippen molar-refractivity contribution in [2.45, 2.75) is 19.1 Å². The summed E-state index contributed by atoms with van der Waals surface area (Å²) in [6, 6.07) is 11.5. The van der Waals surface area contributed by atoms with Gasteiger partial charge < -0.3 is 14.2 Å². The van der Waals surface area contributed by atoms with E-state index < -0.39 is 0 Å². The molecule has 0 radical (unpaired) electrons. The number of hydrogen-bond donors (Lipinski definition) is 0. The number of fused-ring (bicyclic) bond motifs is 1. The highest BCUT2D eigenvalue weighted by molar-refractivity contribution is 5.93. The molecule has 1 aliphatic heterocycles. The van der Waals surface area contributed by atoms with Crippen molar-refractivity contribution in [1.29, 1.82) is 0 Å². The number of ether oxygens (including phenoxy) is 1. The van der Waals surface area contributed by atoms with E-state index in [4.69, 9.17) is 4.74 Å². The number of aromatic nitrogens is 1. The van der Waals surface area contributed by atoms with Crippen LogP contribution in [0.15, 0.2) is 47.4 Å². The van der Waals surface area contributed by atoms with Gasteiger partial charge in [0.15, 0.2) is 0 Å². The Kier molecular flexibility index (Phi) is 4.30. The van der Waals surface area contributed by atoms with Crippen LogP contribution in [0.1, 0.15) is 21.5 Å². The van der Waals surface area contributed by atoms with Crippen molar-refractivity contribution in [2.75, 3.05) is 13.6 Å². The number of aryl methyl sites for hydroxylation is 1. The largest absolute Gasteiger partial charge is 0.371 e. The molecule has 0 fully saturated rings. The van der Waals surface area contributed by atoms with Crippen molar-refractivity contribution in [3.63, 3.8) is 0 Å². The molecule has 1 atom stereocenters. The molecule has 1 aromatic heterocycles. The van der Waals surface area contributed by atoms with E-state index in [2.05, 4.69) is 12.1 Å². The predicted octanol–water partition coefficient (Wildman–Crippen LogP) is 1.60. The van der Waals surface area contributed by atoms with Crippen LogP contribution in [-0.2, 0) is 24.8 Å². The minimum Gasteiger partial charge on any atom is -0.371 e. The highest BCUT2D eigenvalue weighted by Gasteiger charge is 2.23. The number of pyridine rings is 1. The standard InChI is InChI=1S/C18H20N2O3/c1-19-9-5-8-16(17(19)21)18(22)20(2)11-15-10-13-6-3-4-7-14(13)12-23-15/h3-9,15H,10-12H2,1-2H3/t15-/m0/s1. The van der Waals surface area contributed by atoms with E-state index in [0.717, 1.165) is 6.42 Å². The second kappa shape index (κ2) is 6.38. The second-order valence-corrected chi connectivity index (χ2v) is 5.93. The summed E-state index contributed by atoms with van der Waals surface area (Å²) in [5.41, 5.74) is 2.38. The first kappa shape index (κ1) is 15.5. The summed E-state index contributed by atoms with van der Waals surface area (Å²) in [5.74, 6) is -0.270. The molecule has 0 aliphatic carbocycles. The molecule has 23 heavy (non-hydrogen) atoms. The Morgan fingerprint density at radius 1 is 1.26 bits per heavy atom. The number of benzene rings is 1. The lowest BCUT2D eigenvalue weighted by molar-refractivity contribution is 0.00980. The van der Waals surface area contributed by atoms with Crippen LogP contribution in [0.4, 0.5) is 0 Å². The van der Waals surface area contributed by atoms with Gasteiger partial charge in [-0.05, 0) is 23.3 Å². The third-order valence-electron chi connectivity index (χ3n) is 4.22. The Bertz CT molecular complexity index is 782. The molecule has 2 aromatic rings. The lowest BCUT2D eigenvalue weighted by Gasteiger charge is -2.29. The maximum absolute atomic E-state index is 12.5. The number of amides is 1. The maximum Gasteiger partial charge on any atom is 0.263 e. The molecular weight excluding hydrogens is 292 g/mol. The van der Waals surface area contributed by atoms with Crippen molar-refractivity contribution >= 4 is 5.91 Å². The quantitative estimate of drug-likeness (QED) is 0.865. The third-order valence-corrected chi connectivity index (χ3v) is 4.22. The minimum absolute atomic E-state index is 0.0496. The number of carbonyl (C=O) groups is 1. The summed E-state index contributed by atoms with van der Waals surface area (Å²) in [6.45, 7) is 1.03. The van der Waals surface area contributed by atoms with Crippen LogP contribution in [0.25, 0.3) is 0 Å². The lowest BCUT2D eigenvalue weighted by Crippen LogP contribution is -2.40. The molecular formula is C18H20N2O3. The molecule has 5 heteroatoms. The van der Waals surface area contributed by atoms with Gasteiger partial charge in [0.25, 0.3) is 11.5 Å². The van der Waals surface area contributed by atoms with Gasteiger partial charge in [0.1, 0.15) is 5.56 Å². The number of rotatable bonds is 3. The smallest absolute Gasteiger partial charge is 0.263 e. The fourth-order valence-corrected chi connectivity index (χ4v) is 2.88. The topological polar surface area (TPSA) is 51.5 Å². The molecule has 1 aromatic carbocycles. The van der Waals surface area contributed by atoms with Gasteiger partial charge in [-0.1, -0.05) is 24.3 Å². The van der Waals surface area contributed by atoms with E-state index in [1.54, 1.807) is 37.3 Å². The summed E-state index contributed by atoms with van der Waals surface area (Å²) in [5, 5.41) is 0. The van der Waals surface area contributed by atoms with Crippen LogP contribution < -0.4 is 5.56 Å². The third kappa shape index (κ3) is 3.19. The molecule has 0 bridgehead atoms. The second-order valence-electron chi connectivity index (χ2n) is 5.93. The first-order valence-electron chi connectivity index (χ1n) is 7.65. The molecule has 1 amide bonds. The van der Waals surface area contributed by atoms with Gasteiger partial charge in [0.05, 0.1) is 12.7 Å². The van der Waals surface area contributed by atoms with Crippen molar-refractivity contribution < 1.29 is 9.53 Å². The molecule has 0 saturated heterocycles. The number of carbonyl (C=O) groups excluding carboxylic acids is 1. The van der Waals surface area contributed by atoms with Gasteiger partial charge in [-0.15, -0.1) is 0 Å². The fourth-order valence-electron chi connectivity index (χ4n) is 2.88. The minimum atomic E-state index is -0.278. The Hall–Kier alpha value is -2.40. The highest BCUT2D eigenvalue weighted by atomic mass is 16.5. The SMILES string of the molecule is CN(C[C@@H]1Cc2ccccc2CO1)C(=O)c1cccn(C)c1=O. The predicted molar refractivity (Wildman–Crippen MR) is 87.4 cm³/mol. The Labute approximate surface area is 135 Å². The van der Waals surface area contributed by atoms with Crippen LogP contribution in [-0.4, -0.2) is 35.1 Å². The molecule has 0 saturated carbocycles. The van der Waals surface area contributed by atoms with E-state index in [0.29, 0.717) is 13.2 Å². The van der Waals surface area contributed by atoms with Gasteiger partial charge in [-0.2, -0.15) is 0 Å². The van der Waals surface area contributed by atoms with Gasteiger partial charge in [0.2, 0.25) is 0 Å². The average Bonchev–Trinajstić information content (AvgIpc) is 2.56. The van der Waals surface area contributed by atoms with Crippen LogP contribution in [0.3, 0.4) is 0 Å². The van der Waals surface area contributed by atoms with Gasteiger partial charge >= 0.3 is 0 Å². The summed E-state index contributed by atoms with van der Waals surface area (Å²) in [6.07, 6.45) is 2.37. The number of hydrogen-bond acceptors (Lipinski definition) is 3. The zero-order valence-electron chi connectivity index (χ0n) is 13.4. The first-order chi connectivity index (χ1) is 11.1. The molecule has 0 unspecified atom stereocenters. The fraction of sp³-hybridized carbons (Fsp3) is 0.333. The van der Waals surface area contributed by atoms with Crippen LogP contribution in [0, 0.1) is 0 Å². The molecule has 120 valence electrons. The van der Waals surface area contributed by atoms with Gasteiger partial charge in [-0.25, -0.2) is 0 Å². The normalized spacial score (nSPS) is 16.7. The summed E-state index contributed by atoms with van der Waals surface area (Å²) >= 11 is 0.